The Morgan fingerprint density at radius 1 is 1.05 bits per heavy atom. The van der Waals surface area contributed by atoms with E-state index in [9.17, 15) is 18.0 Å². The molecule has 4 bridgehead atoms. The van der Waals surface area contributed by atoms with Gasteiger partial charge in [0.25, 0.3) is 0 Å². The normalized spacial score (nSPS) is 19.9. The molecule has 2 fully saturated rings. The van der Waals surface area contributed by atoms with E-state index in [0.29, 0.717) is 29.9 Å². The van der Waals surface area contributed by atoms with Gasteiger partial charge in [-0.05, 0) is 90.2 Å². The number of carbonyl (C=O) groups excluding carboxylic acids is 2. The monoisotopic (exact) mass is 611 g/mol. The van der Waals surface area contributed by atoms with Crippen LogP contribution in [0, 0.1) is 0 Å². The molecule has 1 aromatic heterocycles. The van der Waals surface area contributed by atoms with Gasteiger partial charge in [0.05, 0.1) is 10.1 Å². The topological polar surface area (TPSA) is 144 Å². The average molecular weight is 612 g/mol. The van der Waals surface area contributed by atoms with Crippen molar-refractivity contribution in [1.29, 1.82) is 0 Å². The van der Waals surface area contributed by atoms with E-state index in [0.717, 1.165) is 40.4 Å². The molecule has 2 amide bonds. The lowest BCUT2D eigenvalue weighted by molar-refractivity contribution is -0.131. The third-order valence-electron chi connectivity index (χ3n) is 8.88. The number of nitrogens with one attached hydrogen (secondary N) is 2. The van der Waals surface area contributed by atoms with Gasteiger partial charge in [-0.3, -0.25) is 10.1 Å². The first-order chi connectivity index (χ1) is 21.1. The Kier molecular flexibility index (Phi) is 6.73. The number of anilines is 3. The van der Waals surface area contributed by atoms with Crippen LogP contribution < -0.4 is 16.4 Å². The van der Waals surface area contributed by atoms with Crippen molar-refractivity contribution in [2.75, 3.05) is 30.0 Å². The molecule has 4 N–H and O–H groups in total. The number of pyridine rings is 1. The zero-order chi connectivity index (χ0) is 30.6. The number of aromatic nitrogens is 1. The fourth-order valence-electron chi connectivity index (χ4n) is 5.99. The Morgan fingerprint density at radius 3 is 2.64 bits per heavy atom. The summed E-state index contributed by atoms with van der Waals surface area (Å²) in [6.45, 7) is 0.210. The molecule has 3 aromatic carbocycles. The summed E-state index contributed by atoms with van der Waals surface area (Å²) in [5.41, 5.74) is 9.04. The highest BCUT2D eigenvalue weighted by molar-refractivity contribution is 7.92. The van der Waals surface area contributed by atoms with Gasteiger partial charge in [0.1, 0.15) is 18.5 Å². The number of hydrogen-bond acceptors (Lipinski definition) is 8. The largest absolute Gasteiger partial charge is 0.448 e. The number of sulfone groups is 1. The van der Waals surface area contributed by atoms with E-state index >= 15 is 0 Å². The molecule has 2 aliphatic carbocycles. The second kappa shape index (κ2) is 10.5. The van der Waals surface area contributed by atoms with Crippen LogP contribution in [0.4, 0.5) is 22.0 Å². The van der Waals surface area contributed by atoms with Crippen LogP contribution >= 0.6 is 0 Å². The highest BCUT2D eigenvalue weighted by Gasteiger charge is 2.46. The van der Waals surface area contributed by atoms with Crippen molar-refractivity contribution in [2.45, 2.75) is 53.8 Å². The van der Waals surface area contributed by atoms with Gasteiger partial charge >= 0.3 is 6.09 Å². The Bertz CT molecular complexity index is 1920. The van der Waals surface area contributed by atoms with Crippen LogP contribution in [0.25, 0.3) is 10.8 Å². The van der Waals surface area contributed by atoms with Gasteiger partial charge in [0.2, 0.25) is 5.91 Å². The first-order valence-electron chi connectivity index (χ1n) is 14.7. The molecule has 7 rings (SSSR count). The number of benzene rings is 3. The van der Waals surface area contributed by atoms with Crippen molar-refractivity contribution >= 4 is 49.8 Å². The van der Waals surface area contributed by atoms with Crippen LogP contribution in [-0.4, -0.2) is 49.2 Å². The predicted octanol–water partition coefficient (Wildman–Crippen LogP) is 5.16. The number of nitrogen functional groups attached to an aromatic ring is 1. The van der Waals surface area contributed by atoms with Crippen molar-refractivity contribution < 1.29 is 22.7 Å². The second-order valence-electron chi connectivity index (χ2n) is 12.1. The number of nitrogens with zero attached hydrogens (tertiary/aromatic N) is 2. The Morgan fingerprint density at radius 2 is 1.86 bits per heavy atom. The molecule has 11 heteroatoms. The molecule has 1 aliphatic heterocycles. The maximum Gasteiger partial charge on any atom is 0.411 e. The van der Waals surface area contributed by atoms with Crippen molar-refractivity contribution in [1.82, 2.24) is 9.88 Å². The molecule has 44 heavy (non-hydrogen) atoms. The number of likely N-dealkylation sites (N-methyl/N-ethyl adjacent to an activating group) is 1. The Hall–Kier alpha value is -4.64. The standard InChI is InChI=1S/C33H33N5O5S/c1-38-18-22-17-25(6-10-28(22)44(41,42)26-7-8-26)37-32(40)43-19-33(12-13-33)23-4-2-3-21(15-23)29(31(38)39)36-24-5-9-27-20(16-24)11-14-35-30(27)34/h2-6,9-11,14-17,26,29,36H,7-8,12-13,18-19H2,1H3,(H2,34,35)(H,37,40). The van der Waals surface area contributed by atoms with Gasteiger partial charge < -0.3 is 20.7 Å². The van der Waals surface area contributed by atoms with Crippen LogP contribution in [0.3, 0.4) is 0 Å². The van der Waals surface area contributed by atoms with Crippen molar-refractivity contribution in [3.05, 3.63) is 89.6 Å². The van der Waals surface area contributed by atoms with Crippen LogP contribution in [0.1, 0.15) is 48.4 Å². The summed E-state index contributed by atoms with van der Waals surface area (Å²) in [5.74, 6) is 0.187. The van der Waals surface area contributed by atoms with E-state index in [1.165, 1.54) is 11.0 Å². The molecule has 1 unspecified atom stereocenters. The van der Waals surface area contributed by atoms with Gasteiger partial charge in [-0.1, -0.05) is 24.3 Å². The Labute approximate surface area is 255 Å². The molecule has 4 aromatic rings. The minimum atomic E-state index is -3.58. The zero-order valence-electron chi connectivity index (χ0n) is 24.2. The predicted molar refractivity (Wildman–Crippen MR) is 168 cm³/mol. The van der Waals surface area contributed by atoms with E-state index in [1.54, 1.807) is 25.4 Å². The van der Waals surface area contributed by atoms with E-state index in [-0.39, 0.29) is 29.4 Å². The van der Waals surface area contributed by atoms with Gasteiger partial charge in [-0.2, -0.15) is 0 Å². The maximum atomic E-state index is 14.3. The molecule has 1 spiro atoms. The SMILES string of the molecule is CN1Cc2cc(ccc2S(=O)(=O)C2CC2)NC(=O)OCC2(CC2)c2cccc(c2)C(Nc2ccc3c(N)nccc3c2)C1=O. The van der Waals surface area contributed by atoms with Crippen molar-refractivity contribution in [3.63, 3.8) is 0 Å². The van der Waals surface area contributed by atoms with Crippen LogP contribution in [0.2, 0.25) is 0 Å². The fourth-order valence-corrected chi connectivity index (χ4v) is 7.85. The van der Waals surface area contributed by atoms with E-state index in [4.69, 9.17) is 10.5 Å². The van der Waals surface area contributed by atoms with Crippen LogP contribution in [0.5, 0.6) is 0 Å². The molecule has 1 atom stereocenters. The van der Waals surface area contributed by atoms with Crippen molar-refractivity contribution in [2.24, 2.45) is 0 Å². The van der Waals surface area contributed by atoms with E-state index in [2.05, 4.69) is 15.6 Å². The average Bonchev–Trinajstić information content (AvgIpc) is 3.93. The summed E-state index contributed by atoms with van der Waals surface area (Å²) in [7, 11) is -1.92. The highest BCUT2D eigenvalue weighted by Crippen LogP contribution is 2.49. The third-order valence-corrected chi connectivity index (χ3v) is 11.2. The van der Waals surface area contributed by atoms with Gasteiger partial charge in [0, 0.05) is 42.0 Å². The fraction of sp³-hybridized carbons (Fsp3) is 0.303. The van der Waals surface area contributed by atoms with Gasteiger partial charge in [-0.15, -0.1) is 0 Å². The number of amides is 2. The number of ether oxygens (including phenoxy) is 1. The van der Waals surface area contributed by atoms with E-state index in [1.807, 2.05) is 48.5 Å². The second-order valence-corrected chi connectivity index (χ2v) is 14.3. The van der Waals surface area contributed by atoms with Crippen LogP contribution in [0.15, 0.2) is 77.8 Å². The number of hydrogen-bond donors (Lipinski definition) is 3. The number of fused-ring (bicyclic) bond motifs is 6. The zero-order valence-corrected chi connectivity index (χ0v) is 25.1. The van der Waals surface area contributed by atoms with Gasteiger partial charge in [-0.25, -0.2) is 18.2 Å². The molecule has 3 aliphatic rings. The minimum Gasteiger partial charge on any atom is -0.448 e. The lowest BCUT2D eigenvalue weighted by atomic mass is 9.92. The maximum absolute atomic E-state index is 14.3. The highest BCUT2D eigenvalue weighted by atomic mass is 32.2. The third kappa shape index (κ3) is 5.21. The molecule has 0 saturated heterocycles. The molecular formula is C33H33N5O5S. The molecular weight excluding hydrogens is 578 g/mol. The number of rotatable bonds is 4. The number of carbonyl (C=O) groups is 2. The molecule has 10 nitrogen and oxygen atoms in total. The summed E-state index contributed by atoms with van der Waals surface area (Å²) in [5, 5.41) is 7.46. The number of nitrogens with two attached hydrogens (primary N) is 1. The quantitative estimate of drug-likeness (QED) is 0.287. The summed E-state index contributed by atoms with van der Waals surface area (Å²) >= 11 is 0. The Balaban J connectivity index is 1.31. The van der Waals surface area contributed by atoms with E-state index < -0.39 is 27.2 Å². The van der Waals surface area contributed by atoms with Gasteiger partial charge in [0.15, 0.2) is 9.84 Å². The molecule has 0 radical (unpaired) electrons. The molecule has 2 heterocycles. The lowest BCUT2D eigenvalue weighted by Gasteiger charge is -2.27. The lowest BCUT2D eigenvalue weighted by Crippen LogP contribution is -2.35. The first-order valence-corrected chi connectivity index (χ1v) is 16.2. The number of cyclic esters (lactones) is 1. The summed E-state index contributed by atoms with van der Waals surface area (Å²) in [4.78, 5) is 33.0. The summed E-state index contributed by atoms with van der Waals surface area (Å²) in [6, 6.07) is 19.3. The minimum absolute atomic E-state index is 0.0203. The van der Waals surface area contributed by atoms with Crippen LogP contribution in [-0.2, 0) is 31.3 Å². The van der Waals surface area contributed by atoms with Crippen molar-refractivity contribution in [3.8, 4) is 0 Å². The molecule has 226 valence electrons. The smallest absolute Gasteiger partial charge is 0.411 e. The molecule has 2 saturated carbocycles. The summed E-state index contributed by atoms with van der Waals surface area (Å²) < 4.78 is 32.4. The first kappa shape index (κ1) is 28.1. The summed E-state index contributed by atoms with van der Waals surface area (Å²) in [6.07, 6.45) is 3.97.